The van der Waals surface area contributed by atoms with Gasteiger partial charge in [0, 0.05) is 30.9 Å². The largest absolute Gasteiger partial charge is 0.441 e. The molecule has 0 bridgehead atoms. The smallest absolute Gasteiger partial charge is 0.220 e. The fourth-order valence-corrected chi connectivity index (χ4v) is 2.98. The maximum Gasteiger partial charge on any atom is 0.220 e. The van der Waals surface area contributed by atoms with E-state index in [9.17, 15) is 14.3 Å². The highest BCUT2D eigenvalue weighted by molar-refractivity contribution is 5.76. The average molecular weight is 332 g/mol. The van der Waals surface area contributed by atoms with Crippen LogP contribution in [-0.4, -0.2) is 28.6 Å². The lowest BCUT2D eigenvalue weighted by molar-refractivity contribution is -0.121. The molecule has 1 aromatic heterocycles. The number of rotatable bonds is 6. The normalized spacial score (nSPS) is 20.2. The second-order valence-corrected chi connectivity index (χ2v) is 6.19. The molecule has 1 aliphatic carbocycles. The van der Waals surface area contributed by atoms with E-state index in [0.717, 1.165) is 24.8 Å². The Balaban J connectivity index is 1.46. The number of nitrogens with zero attached hydrogens (tertiary/aromatic N) is 1. The number of aliphatic hydroxyl groups excluding tert-OH is 1. The number of carbonyl (C=O) groups is 1. The molecule has 2 aromatic rings. The summed E-state index contributed by atoms with van der Waals surface area (Å²) in [5.41, 5.74) is 0.745. The van der Waals surface area contributed by atoms with Crippen molar-refractivity contribution in [1.29, 1.82) is 0 Å². The predicted octanol–water partition coefficient (Wildman–Crippen LogP) is 2.69. The maximum atomic E-state index is 12.9. The Hall–Kier alpha value is -2.21. The van der Waals surface area contributed by atoms with Crippen LogP contribution < -0.4 is 5.32 Å². The zero-order valence-corrected chi connectivity index (χ0v) is 13.4. The summed E-state index contributed by atoms with van der Waals surface area (Å²) >= 11 is 0. The van der Waals surface area contributed by atoms with Gasteiger partial charge in [-0.3, -0.25) is 4.79 Å². The summed E-state index contributed by atoms with van der Waals surface area (Å²) in [6.45, 7) is 0.520. The second kappa shape index (κ2) is 7.57. The van der Waals surface area contributed by atoms with Gasteiger partial charge in [0.05, 0.1) is 12.3 Å². The van der Waals surface area contributed by atoms with Crippen LogP contribution in [-0.2, 0) is 11.2 Å². The van der Waals surface area contributed by atoms with E-state index in [1.807, 2.05) is 0 Å². The van der Waals surface area contributed by atoms with Gasteiger partial charge in [-0.25, -0.2) is 9.37 Å². The van der Waals surface area contributed by atoms with E-state index in [-0.39, 0.29) is 30.2 Å². The molecule has 1 saturated carbocycles. The van der Waals surface area contributed by atoms with Gasteiger partial charge in [0.25, 0.3) is 0 Å². The van der Waals surface area contributed by atoms with Crippen LogP contribution in [0.5, 0.6) is 0 Å². The van der Waals surface area contributed by atoms with Crippen molar-refractivity contribution in [3.8, 4) is 11.3 Å². The summed E-state index contributed by atoms with van der Waals surface area (Å²) in [6, 6.07) is 5.98. The third-order valence-corrected chi connectivity index (χ3v) is 4.43. The number of hydrogen-bond donors (Lipinski definition) is 2. The molecule has 128 valence electrons. The maximum absolute atomic E-state index is 12.9. The average Bonchev–Trinajstić information content (AvgIpc) is 3.21. The van der Waals surface area contributed by atoms with E-state index in [2.05, 4.69) is 10.3 Å². The first kappa shape index (κ1) is 16.6. The van der Waals surface area contributed by atoms with Gasteiger partial charge in [-0.2, -0.15) is 0 Å². The van der Waals surface area contributed by atoms with Crippen LogP contribution in [0.1, 0.15) is 31.6 Å². The molecule has 2 unspecified atom stereocenters. The fourth-order valence-electron chi connectivity index (χ4n) is 2.98. The Morgan fingerprint density at radius 1 is 1.33 bits per heavy atom. The van der Waals surface area contributed by atoms with Crippen LogP contribution in [0.3, 0.4) is 0 Å². The van der Waals surface area contributed by atoms with Crippen molar-refractivity contribution in [3.63, 3.8) is 0 Å². The molecule has 1 amide bonds. The Morgan fingerprint density at radius 2 is 2.12 bits per heavy atom. The molecule has 0 radical (unpaired) electrons. The molecule has 2 N–H and O–H groups in total. The van der Waals surface area contributed by atoms with Crippen molar-refractivity contribution >= 4 is 5.91 Å². The quantitative estimate of drug-likeness (QED) is 0.853. The van der Waals surface area contributed by atoms with Crippen molar-refractivity contribution in [2.24, 2.45) is 5.92 Å². The predicted molar refractivity (Wildman–Crippen MR) is 86.6 cm³/mol. The summed E-state index contributed by atoms with van der Waals surface area (Å²) < 4.78 is 18.5. The molecule has 1 heterocycles. The molecule has 6 heteroatoms. The van der Waals surface area contributed by atoms with Gasteiger partial charge in [0.15, 0.2) is 11.7 Å². The first-order chi connectivity index (χ1) is 11.6. The standard InChI is InChI=1S/C18H21FN2O3/c19-14-6-4-12(5-7-14)16-11-21-18(24-16)9-8-17(23)20-10-13-2-1-3-15(13)22/h4-7,11,13,15,22H,1-3,8-10H2,(H,20,23). The van der Waals surface area contributed by atoms with Gasteiger partial charge >= 0.3 is 0 Å². The summed E-state index contributed by atoms with van der Waals surface area (Å²) in [5, 5.41) is 12.6. The third kappa shape index (κ3) is 4.20. The monoisotopic (exact) mass is 332 g/mol. The van der Waals surface area contributed by atoms with Gasteiger partial charge in [0.2, 0.25) is 5.91 Å². The van der Waals surface area contributed by atoms with Gasteiger partial charge in [-0.15, -0.1) is 0 Å². The Labute approximate surface area is 139 Å². The minimum atomic E-state index is -0.303. The number of aromatic nitrogens is 1. The molecular formula is C18H21FN2O3. The van der Waals surface area contributed by atoms with E-state index < -0.39 is 0 Å². The van der Waals surface area contributed by atoms with E-state index >= 15 is 0 Å². The zero-order valence-electron chi connectivity index (χ0n) is 13.4. The summed E-state index contributed by atoms with van der Waals surface area (Å²) in [7, 11) is 0. The summed E-state index contributed by atoms with van der Waals surface area (Å²) in [4.78, 5) is 16.0. The van der Waals surface area contributed by atoms with Gasteiger partial charge < -0.3 is 14.8 Å². The molecule has 0 aliphatic heterocycles. The minimum Gasteiger partial charge on any atom is -0.441 e. The number of hydrogen-bond acceptors (Lipinski definition) is 4. The van der Waals surface area contributed by atoms with Crippen LogP contribution in [0.15, 0.2) is 34.9 Å². The number of benzene rings is 1. The highest BCUT2D eigenvalue weighted by atomic mass is 19.1. The van der Waals surface area contributed by atoms with Crippen LogP contribution in [0.25, 0.3) is 11.3 Å². The van der Waals surface area contributed by atoms with Crippen molar-refractivity contribution in [2.75, 3.05) is 6.54 Å². The number of amides is 1. The van der Waals surface area contributed by atoms with Crippen LogP contribution >= 0.6 is 0 Å². The SMILES string of the molecule is O=C(CCc1ncc(-c2ccc(F)cc2)o1)NCC1CCCC1O. The minimum absolute atomic E-state index is 0.0735. The van der Waals surface area contributed by atoms with Gasteiger partial charge in [-0.05, 0) is 37.1 Å². The number of nitrogens with one attached hydrogen (secondary N) is 1. The molecule has 1 aliphatic rings. The third-order valence-electron chi connectivity index (χ3n) is 4.43. The number of halogens is 1. The summed E-state index contributed by atoms with van der Waals surface area (Å²) in [6.07, 6.45) is 4.77. The highest BCUT2D eigenvalue weighted by Gasteiger charge is 2.25. The number of carbonyl (C=O) groups excluding carboxylic acids is 1. The number of aliphatic hydroxyl groups is 1. The first-order valence-corrected chi connectivity index (χ1v) is 8.27. The molecule has 5 nitrogen and oxygen atoms in total. The van der Waals surface area contributed by atoms with E-state index in [1.54, 1.807) is 18.3 Å². The lowest BCUT2D eigenvalue weighted by atomic mass is 10.1. The van der Waals surface area contributed by atoms with E-state index in [1.165, 1.54) is 12.1 Å². The Morgan fingerprint density at radius 3 is 2.83 bits per heavy atom. The Bertz CT molecular complexity index is 684. The molecule has 2 atom stereocenters. The molecule has 24 heavy (non-hydrogen) atoms. The number of oxazole rings is 1. The molecule has 3 rings (SSSR count). The van der Waals surface area contributed by atoms with E-state index in [0.29, 0.717) is 24.6 Å². The molecular weight excluding hydrogens is 311 g/mol. The highest BCUT2D eigenvalue weighted by Crippen LogP contribution is 2.24. The van der Waals surface area contributed by atoms with Gasteiger partial charge in [0.1, 0.15) is 5.82 Å². The van der Waals surface area contributed by atoms with Gasteiger partial charge in [-0.1, -0.05) is 6.42 Å². The van der Waals surface area contributed by atoms with Crippen LogP contribution in [0.4, 0.5) is 4.39 Å². The van der Waals surface area contributed by atoms with Crippen molar-refractivity contribution in [2.45, 2.75) is 38.2 Å². The van der Waals surface area contributed by atoms with Crippen molar-refractivity contribution in [1.82, 2.24) is 10.3 Å². The van der Waals surface area contributed by atoms with Crippen molar-refractivity contribution < 1.29 is 18.7 Å². The van der Waals surface area contributed by atoms with Crippen LogP contribution in [0.2, 0.25) is 0 Å². The second-order valence-electron chi connectivity index (χ2n) is 6.19. The van der Waals surface area contributed by atoms with E-state index in [4.69, 9.17) is 4.42 Å². The van der Waals surface area contributed by atoms with Crippen LogP contribution in [0, 0.1) is 11.7 Å². The number of aryl methyl sites for hydroxylation is 1. The summed E-state index contributed by atoms with van der Waals surface area (Å²) in [5.74, 6) is 0.823. The molecule has 0 saturated heterocycles. The zero-order chi connectivity index (χ0) is 16.9. The lowest BCUT2D eigenvalue weighted by Gasteiger charge is -2.14. The molecule has 1 aromatic carbocycles. The fraction of sp³-hybridized carbons (Fsp3) is 0.444. The lowest BCUT2D eigenvalue weighted by Crippen LogP contribution is -2.32. The molecule has 0 spiro atoms. The molecule has 1 fully saturated rings. The first-order valence-electron chi connectivity index (χ1n) is 8.27. The Kier molecular flexibility index (Phi) is 5.25. The topological polar surface area (TPSA) is 75.4 Å². The van der Waals surface area contributed by atoms with Crippen molar-refractivity contribution in [3.05, 3.63) is 42.2 Å².